The van der Waals surface area contributed by atoms with Gasteiger partial charge in [0.2, 0.25) is 0 Å². The number of hydrogen-bond acceptors (Lipinski definition) is 2. The highest BCUT2D eigenvalue weighted by molar-refractivity contribution is 9.11. The van der Waals surface area contributed by atoms with Gasteiger partial charge in [0, 0.05) is 9.72 Å². The maximum absolute atomic E-state index is 8.68. The molecule has 0 aliphatic rings. The monoisotopic (exact) mass is 285 g/mol. The fourth-order valence-electron chi connectivity index (χ4n) is 1.37. The Morgan fingerprint density at radius 1 is 1.43 bits per heavy atom. The molecule has 2 rings (SSSR count). The number of rotatable bonds is 1. The summed E-state index contributed by atoms with van der Waals surface area (Å²) in [4.78, 5) is 0. The van der Waals surface area contributed by atoms with Gasteiger partial charge < -0.3 is 0 Å². The Balaban J connectivity index is 2.74. The van der Waals surface area contributed by atoms with Crippen LogP contribution in [-0.4, -0.2) is 0 Å². The first-order chi connectivity index (χ1) is 6.70. The number of benzene rings is 1. The van der Waals surface area contributed by atoms with Gasteiger partial charge in [-0.25, -0.2) is 0 Å². The first kappa shape index (κ1) is 9.97. The van der Waals surface area contributed by atoms with Crippen LogP contribution in [0.15, 0.2) is 22.0 Å². The molecule has 1 aromatic carbocycles. The Morgan fingerprint density at radius 3 is 2.93 bits per heavy atom. The van der Waals surface area contributed by atoms with E-state index in [4.69, 9.17) is 16.9 Å². The molecule has 2 aromatic rings. The van der Waals surface area contributed by atoms with Gasteiger partial charge in [0.05, 0.1) is 16.3 Å². The third kappa shape index (κ3) is 1.78. The lowest BCUT2D eigenvalue weighted by Crippen LogP contribution is -1.81. The van der Waals surface area contributed by atoms with Crippen LogP contribution in [0.3, 0.4) is 0 Å². The summed E-state index contributed by atoms with van der Waals surface area (Å²) in [5, 5.41) is 10.5. The van der Waals surface area contributed by atoms with E-state index in [1.54, 1.807) is 11.3 Å². The largest absolute Gasteiger partial charge is 0.198 e. The molecule has 1 heterocycles. The van der Waals surface area contributed by atoms with Crippen molar-refractivity contribution in [3.63, 3.8) is 0 Å². The SMILES string of the molecule is N#CCc1cc(Cl)cc2sc(Br)cc12. The second-order valence-corrected chi connectivity index (χ2v) is 5.76. The summed E-state index contributed by atoms with van der Waals surface area (Å²) in [6, 6.07) is 7.95. The Labute approximate surface area is 99.0 Å². The van der Waals surface area contributed by atoms with Crippen molar-refractivity contribution >= 4 is 49.0 Å². The predicted molar refractivity (Wildman–Crippen MR) is 63.9 cm³/mol. The highest BCUT2D eigenvalue weighted by atomic mass is 79.9. The molecule has 4 heteroatoms. The van der Waals surface area contributed by atoms with Crippen LogP contribution in [0.2, 0.25) is 5.02 Å². The summed E-state index contributed by atoms with van der Waals surface area (Å²) < 4.78 is 2.18. The van der Waals surface area contributed by atoms with Gasteiger partial charge in [-0.15, -0.1) is 11.3 Å². The van der Waals surface area contributed by atoms with Gasteiger partial charge in [0.25, 0.3) is 0 Å². The second kappa shape index (κ2) is 3.90. The standard InChI is InChI=1S/C10H5BrClNS/c11-10-5-8-6(1-2-13)3-7(12)4-9(8)14-10/h3-5H,1H2. The average Bonchev–Trinajstić information content (AvgIpc) is 2.45. The number of halogens is 2. The van der Waals surface area contributed by atoms with Gasteiger partial charge >= 0.3 is 0 Å². The summed E-state index contributed by atoms with van der Waals surface area (Å²) >= 11 is 11.0. The van der Waals surface area contributed by atoms with E-state index in [9.17, 15) is 0 Å². The number of hydrogen-bond donors (Lipinski definition) is 0. The predicted octanol–water partition coefficient (Wildman–Crippen LogP) is 4.38. The van der Waals surface area contributed by atoms with Crippen molar-refractivity contribution in [1.82, 2.24) is 0 Å². The summed E-state index contributed by atoms with van der Waals surface area (Å²) in [6.45, 7) is 0. The van der Waals surface area contributed by atoms with Crippen molar-refractivity contribution in [2.24, 2.45) is 0 Å². The van der Waals surface area contributed by atoms with Crippen LogP contribution in [0.4, 0.5) is 0 Å². The zero-order valence-corrected chi connectivity index (χ0v) is 10.2. The van der Waals surface area contributed by atoms with Gasteiger partial charge in [-0.05, 0) is 45.1 Å². The first-order valence-electron chi connectivity index (χ1n) is 3.95. The molecule has 0 radical (unpaired) electrons. The highest BCUT2D eigenvalue weighted by Gasteiger charge is 2.06. The van der Waals surface area contributed by atoms with Crippen molar-refractivity contribution in [2.75, 3.05) is 0 Å². The van der Waals surface area contributed by atoms with E-state index in [2.05, 4.69) is 22.0 Å². The fraction of sp³-hybridized carbons (Fsp3) is 0.100. The quantitative estimate of drug-likeness (QED) is 0.763. The van der Waals surface area contributed by atoms with E-state index in [0.29, 0.717) is 11.4 Å². The zero-order valence-electron chi connectivity index (χ0n) is 7.05. The molecule has 0 N–H and O–H groups in total. The van der Waals surface area contributed by atoms with Crippen molar-refractivity contribution in [2.45, 2.75) is 6.42 Å². The van der Waals surface area contributed by atoms with Crippen LogP contribution in [0.5, 0.6) is 0 Å². The molecule has 1 nitrogen and oxygen atoms in total. The van der Waals surface area contributed by atoms with Crippen molar-refractivity contribution in [3.05, 3.63) is 32.6 Å². The summed E-state index contributed by atoms with van der Waals surface area (Å²) in [5.41, 5.74) is 0.997. The number of nitrogens with zero attached hydrogens (tertiary/aromatic N) is 1. The van der Waals surface area contributed by atoms with Gasteiger partial charge in [-0.1, -0.05) is 11.6 Å². The molecule has 0 atom stereocenters. The fourth-order valence-corrected chi connectivity index (χ4v) is 3.31. The van der Waals surface area contributed by atoms with Crippen LogP contribution in [0.25, 0.3) is 10.1 Å². The maximum Gasteiger partial charge on any atom is 0.0711 e. The summed E-state index contributed by atoms with van der Waals surface area (Å²) in [7, 11) is 0. The highest BCUT2D eigenvalue weighted by Crippen LogP contribution is 2.34. The van der Waals surface area contributed by atoms with Crippen LogP contribution < -0.4 is 0 Å². The van der Waals surface area contributed by atoms with Gasteiger partial charge in [-0.2, -0.15) is 5.26 Å². The molecule has 0 bridgehead atoms. The van der Waals surface area contributed by atoms with Crippen LogP contribution in [0.1, 0.15) is 5.56 Å². The molecule has 14 heavy (non-hydrogen) atoms. The van der Waals surface area contributed by atoms with Gasteiger partial charge in [0.1, 0.15) is 0 Å². The van der Waals surface area contributed by atoms with Crippen molar-refractivity contribution in [1.29, 1.82) is 5.26 Å². The second-order valence-electron chi connectivity index (χ2n) is 2.86. The van der Waals surface area contributed by atoms with Crippen molar-refractivity contribution < 1.29 is 0 Å². The van der Waals surface area contributed by atoms with E-state index >= 15 is 0 Å². The summed E-state index contributed by atoms with van der Waals surface area (Å²) in [5.74, 6) is 0. The molecular weight excluding hydrogens is 282 g/mol. The average molecular weight is 287 g/mol. The van der Waals surface area contributed by atoms with E-state index in [1.165, 1.54) is 0 Å². The first-order valence-corrected chi connectivity index (χ1v) is 5.94. The topological polar surface area (TPSA) is 23.8 Å². The van der Waals surface area contributed by atoms with Crippen molar-refractivity contribution in [3.8, 4) is 6.07 Å². The third-order valence-electron chi connectivity index (χ3n) is 1.93. The van der Waals surface area contributed by atoms with E-state index in [0.717, 1.165) is 19.4 Å². The molecule has 0 unspecified atom stereocenters. The number of fused-ring (bicyclic) bond motifs is 1. The molecule has 1 aromatic heterocycles. The van der Waals surface area contributed by atoms with Gasteiger partial charge in [-0.3, -0.25) is 0 Å². The molecule has 0 saturated carbocycles. The summed E-state index contributed by atoms with van der Waals surface area (Å²) in [6.07, 6.45) is 0.403. The third-order valence-corrected chi connectivity index (χ3v) is 3.73. The lowest BCUT2D eigenvalue weighted by atomic mass is 10.1. The van der Waals surface area contributed by atoms with E-state index in [1.807, 2.05) is 18.2 Å². The van der Waals surface area contributed by atoms with E-state index in [-0.39, 0.29) is 0 Å². The molecule has 0 aliphatic heterocycles. The Bertz CT molecular complexity index is 527. The normalized spacial score (nSPS) is 10.4. The zero-order chi connectivity index (χ0) is 10.1. The minimum absolute atomic E-state index is 0.403. The Kier molecular flexibility index (Phi) is 2.78. The van der Waals surface area contributed by atoms with Gasteiger partial charge in [0.15, 0.2) is 0 Å². The molecule has 0 amide bonds. The van der Waals surface area contributed by atoms with Crippen LogP contribution in [-0.2, 0) is 6.42 Å². The minimum atomic E-state index is 0.403. The minimum Gasteiger partial charge on any atom is -0.198 e. The Morgan fingerprint density at radius 2 is 2.21 bits per heavy atom. The maximum atomic E-state index is 8.68. The van der Waals surface area contributed by atoms with Crippen LogP contribution >= 0.6 is 38.9 Å². The van der Waals surface area contributed by atoms with Crippen LogP contribution in [0, 0.1) is 11.3 Å². The molecule has 0 aliphatic carbocycles. The smallest absolute Gasteiger partial charge is 0.0711 e. The van der Waals surface area contributed by atoms with E-state index < -0.39 is 0 Å². The lowest BCUT2D eigenvalue weighted by molar-refractivity contribution is 1.29. The molecule has 0 spiro atoms. The molecule has 70 valence electrons. The molecule has 0 saturated heterocycles. The number of nitriles is 1. The lowest BCUT2D eigenvalue weighted by Gasteiger charge is -1.98. The number of thiophene rings is 1. The molecule has 0 fully saturated rings. The molecular formula is C10H5BrClNS. The Hall–Kier alpha value is -0.560.